The molecule has 2 bridgehead atoms. The number of carbonyl (C=O) groups excluding carboxylic acids is 3. The molecule has 0 saturated carbocycles. The predicted molar refractivity (Wildman–Crippen MR) is 149 cm³/mol. The van der Waals surface area contributed by atoms with Crippen LogP contribution in [-0.2, 0) is 14.4 Å². The first kappa shape index (κ1) is 27.7. The van der Waals surface area contributed by atoms with Crippen molar-refractivity contribution < 1.29 is 24.2 Å². The molecule has 3 amide bonds. The molecule has 4 rings (SSSR count). The molecule has 0 radical (unpaired) electrons. The summed E-state index contributed by atoms with van der Waals surface area (Å²) in [6, 6.07) is 5.74. The summed E-state index contributed by atoms with van der Waals surface area (Å²) < 4.78 is 4.48. The van der Waals surface area contributed by atoms with E-state index in [0.717, 1.165) is 0 Å². The Morgan fingerprint density at radius 1 is 1.27 bits per heavy atom. The van der Waals surface area contributed by atoms with E-state index in [4.69, 9.17) is 4.74 Å². The number of halogens is 1. The second-order valence-electron chi connectivity index (χ2n) is 9.88. The second kappa shape index (κ2) is 10.8. The van der Waals surface area contributed by atoms with Gasteiger partial charge in [0.2, 0.25) is 11.8 Å². The first-order valence-electron chi connectivity index (χ1n) is 12.3. The van der Waals surface area contributed by atoms with E-state index in [2.05, 4.69) is 29.1 Å². The number of methoxy groups -OCH3 is 1. The van der Waals surface area contributed by atoms with Crippen molar-refractivity contribution in [2.75, 3.05) is 38.8 Å². The lowest BCUT2D eigenvalue weighted by Gasteiger charge is -2.39. The highest BCUT2D eigenvalue weighted by molar-refractivity contribution is 9.09. The number of rotatable bonds is 10. The zero-order valence-corrected chi connectivity index (χ0v) is 23.8. The largest absolute Gasteiger partial charge is 0.497 e. The van der Waals surface area contributed by atoms with E-state index in [1.54, 1.807) is 79.1 Å². The van der Waals surface area contributed by atoms with E-state index < -0.39 is 28.7 Å². The van der Waals surface area contributed by atoms with Gasteiger partial charge in [0.05, 0.1) is 36.3 Å². The minimum Gasteiger partial charge on any atom is -0.497 e. The predicted octanol–water partition coefficient (Wildman–Crippen LogP) is 2.70. The Labute approximate surface area is 230 Å². The van der Waals surface area contributed by atoms with E-state index in [1.165, 1.54) is 4.90 Å². The zero-order valence-electron chi connectivity index (χ0n) is 21.4. The van der Waals surface area contributed by atoms with E-state index >= 15 is 0 Å². The molecule has 3 aliphatic heterocycles. The Hall–Kier alpha value is -2.30. The summed E-state index contributed by atoms with van der Waals surface area (Å²) in [6.07, 6.45) is 3.88. The first-order chi connectivity index (χ1) is 17.7. The summed E-state index contributed by atoms with van der Waals surface area (Å²) in [6.45, 7) is 9.64. The van der Waals surface area contributed by atoms with Crippen LogP contribution in [0.4, 0.5) is 5.69 Å². The lowest BCUT2D eigenvalue weighted by Crippen LogP contribution is -2.57. The van der Waals surface area contributed by atoms with Gasteiger partial charge in [0.25, 0.3) is 5.91 Å². The van der Waals surface area contributed by atoms with Gasteiger partial charge in [-0.3, -0.25) is 14.4 Å². The quantitative estimate of drug-likeness (QED) is 0.332. The van der Waals surface area contributed by atoms with Crippen molar-refractivity contribution >= 4 is 51.1 Å². The minimum absolute atomic E-state index is 0.0267. The number of likely N-dealkylation sites (tertiary alicyclic amines) is 1. The maximum Gasteiger partial charge on any atom is 0.251 e. The number of hydrogen-bond donors (Lipinski definition) is 1. The van der Waals surface area contributed by atoms with Crippen LogP contribution in [0, 0.1) is 11.8 Å². The number of likely N-dealkylation sites (N-methyl/N-ethyl adjacent to an activating group) is 1. The molecular weight excluding hydrogens is 558 g/mol. The van der Waals surface area contributed by atoms with Gasteiger partial charge in [0, 0.05) is 35.9 Å². The molecule has 1 aromatic carbocycles. The maximum absolute atomic E-state index is 14.4. The van der Waals surface area contributed by atoms with E-state index in [9.17, 15) is 19.5 Å². The van der Waals surface area contributed by atoms with Gasteiger partial charge in [-0.1, -0.05) is 28.1 Å². The molecule has 7 atom stereocenters. The highest BCUT2D eigenvalue weighted by Gasteiger charge is 2.76. The van der Waals surface area contributed by atoms with Crippen molar-refractivity contribution in [3.63, 3.8) is 0 Å². The Morgan fingerprint density at radius 2 is 1.92 bits per heavy atom. The molecule has 1 N–H and O–H groups in total. The number of thioether (sulfide) groups is 1. The number of anilines is 1. The monoisotopic (exact) mass is 591 g/mol. The van der Waals surface area contributed by atoms with Crippen LogP contribution < -0.4 is 9.64 Å². The number of benzene rings is 1. The van der Waals surface area contributed by atoms with Gasteiger partial charge in [-0.05, 0) is 37.6 Å². The summed E-state index contributed by atoms with van der Waals surface area (Å²) in [7, 11) is 3.29. The summed E-state index contributed by atoms with van der Waals surface area (Å²) in [4.78, 5) is 46.8. The molecule has 0 aliphatic carbocycles. The highest BCUT2D eigenvalue weighted by atomic mass is 79.9. The fourth-order valence-electron chi connectivity index (χ4n) is 6.09. The molecule has 3 fully saturated rings. The van der Waals surface area contributed by atoms with Crippen LogP contribution >= 0.6 is 27.7 Å². The molecule has 0 aromatic heterocycles. The first-order valence-corrected chi connectivity index (χ1v) is 14.1. The van der Waals surface area contributed by atoms with Gasteiger partial charge < -0.3 is 24.5 Å². The molecular formula is C27H34BrN3O5S. The molecule has 8 nitrogen and oxygen atoms in total. The molecule has 10 heteroatoms. The van der Waals surface area contributed by atoms with Crippen LogP contribution in [0.3, 0.4) is 0 Å². The third-order valence-electron chi connectivity index (χ3n) is 7.73. The Morgan fingerprint density at radius 3 is 2.49 bits per heavy atom. The fraction of sp³-hybridized carbons (Fsp3) is 0.519. The average Bonchev–Trinajstić information content (AvgIpc) is 3.49. The molecule has 37 heavy (non-hydrogen) atoms. The van der Waals surface area contributed by atoms with Crippen molar-refractivity contribution in [1.29, 1.82) is 0 Å². The molecule has 200 valence electrons. The van der Waals surface area contributed by atoms with Crippen LogP contribution in [0.1, 0.15) is 13.3 Å². The number of fused-ring (bicyclic) bond motifs is 1. The zero-order chi connectivity index (χ0) is 27.1. The summed E-state index contributed by atoms with van der Waals surface area (Å²) in [5.74, 6) is -1.17. The average molecular weight is 593 g/mol. The van der Waals surface area contributed by atoms with Crippen LogP contribution in [0.2, 0.25) is 0 Å². The van der Waals surface area contributed by atoms with E-state index in [-0.39, 0.29) is 41.0 Å². The van der Waals surface area contributed by atoms with Crippen molar-refractivity contribution in [1.82, 2.24) is 9.80 Å². The maximum atomic E-state index is 14.4. The van der Waals surface area contributed by atoms with Crippen molar-refractivity contribution in [3.05, 3.63) is 49.6 Å². The number of aliphatic hydroxyl groups is 1. The van der Waals surface area contributed by atoms with Gasteiger partial charge in [0.1, 0.15) is 11.8 Å². The standard InChI is InChI=1S/C27H34BrN3O5S/c1-6-12-29(4)24(33)20-21-25(34)31(16(3)15-32)23(27(21)14-19(28)22(20)37-27)26(35)30(13-7-2)17-8-10-18(36-5)11-9-17/h6-11,16,19-23,32H,1-2,12-15H2,3-5H3/t16-,19?,20-,21+,22-,23?,27?/m1/s1. The fourth-order valence-corrected chi connectivity index (χ4v) is 9.68. The lowest BCUT2D eigenvalue weighted by atomic mass is 9.70. The second-order valence-corrected chi connectivity index (χ2v) is 12.6. The third-order valence-corrected chi connectivity index (χ3v) is 10.9. The van der Waals surface area contributed by atoms with Crippen molar-refractivity contribution in [2.45, 2.75) is 40.3 Å². The highest BCUT2D eigenvalue weighted by Crippen LogP contribution is 2.68. The Kier molecular flexibility index (Phi) is 8.11. The third kappa shape index (κ3) is 4.40. The smallest absolute Gasteiger partial charge is 0.251 e. The number of amides is 3. The van der Waals surface area contributed by atoms with Gasteiger partial charge in [-0.2, -0.15) is 0 Å². The normalized spacial score (nSPS) is 30.6. The number of alkyl halides is 1. The van der Waals surface area contributed by atoms with Crippen LogP contribution in [0.15, 0.2) is 49.6 Å². The van der Waals surface area contributed by atoms with Crippen LogP contribution in [0.5, 0.6) is 5.75 Å². The van der Waals surface area contributed by atoms with E-state index in [0.29, 0.717) is 24.4 Å². The Balaban J connectivity index is 1.80. The molecule has 1 aromatic rings. The number of ether oxygens (including phenoxy) is 1. The minimum atomic E-state index is -0.841. The lowest BCUT2D eigenvalue weighted by molar-refractivity contribution is -0.144. The SMILES string of the molecule is C=CCN(C)C(=O)[C@H]1[C@@H]2SC3(CC2Br)C(C(=O)N(CC=C)c2ccc(OC)cc2)N([C@H](C)CO)C(=O)[C@H]13. The molecule has 3 unspecified atom stereocenters. The van der Waals surface area contributed by atoms with Gasteiger partial charge in [-0.25, -0.2) is 0 Å². The number of nitrogens with zero attached hydrogens (tertiary/aromatic N) is 3. The van der Waals surface area contributed by atoms with Gasteiger partial charge in [0.15, 0.2) is 0 Å². The summed E-state index contributed by atoms with van der Waals surface area (Å²) in [5.41, 5.74) is 0.654. The van der Waals surface area contributed by atoms with Gasteiger partial charge >= 0.3 is 0 Å². The van der Waals surface area contributed by atoms with Gasteiger partial charge in [-0.15, -0.1) is 24.9 Å². The molecule has 1 spiro atoms. The molecule has 3 heterocycles. The van der Waals surface area contributed by atoms with E-state index in [1.807, 2.05) is 0 Å². The van der Waals surface area contributed by atoms with Crippen LogP contribution in [0.25, 0.3) is 0 Å². The summed E-state index contributed by atoms with van der Waals surface area (Å²) >= 11 is 5.36. The number of aliphatic hydroxyl groups excluding tert-OH is 1. The Bertz CT molecular complexity index is 1080. The number of carbonyl (C=O) groups is 3. The molecule has 3 aliphatic rings. The summed E-state index contributed by atoms with van der Waals surface area (Å²) in [5, 5.41) is 9.96. The topological polar surface area (TPSA) is 90.4 Å². The van der Waals surface area contributed by atoms with Crippen molar-refractivity contribution in [3.8, 4) is 5.75 Å². The number of hydrogen-bond acceptors (Lipinski definition) is 6. The molecule has 3 saturated heterocycles. The van der Waals surface area contributed by atoms with Crippen molar-refractivity contribution in [2.24, 2.45) is 11.8 Å². The van der Waals surface area contributed by atoms with Crippen LogP contribution in [-0.4, -0.2) is 93.4 Å².